The first kappa shape index (κ1) is 17.8. The van der Waals surface area contributed by atoms with Crippen molar-refractivity contribution in [1.29, 1.82) is 0 Å². The van der Waals surface area contributed by atoms with Crippen LogP contribution in [0.1, 0.15) is 34.5 Å². The molecule has 1 amide bonds. The van der Waals surface area contributed by atoms with Gasteiger partial charge in [-0.15, -0.1) is 0 Å². The van der Waals surface area contributed by atoms with Crippen LogP contribution in [0.4, 0.5) is 0 Å². The average molecular weight is 361 g/mol. The Kier molecular flexibility index (Phi) is 4.99. The van der Waals surface area contributed by atoms with Crippen LogP contribution in [0.2, 0.25) is 0 Å². The van der Waals surface area contributed by atoms with Crippen LogP contribution in [0, 0.1) is 6.92 Å². The first-order valence-electron chi connectivity index (χ1n) is 9.74. The number of nitrogens with one attached hydrogen (secondary N) is 1. The van der Waals surface area contributed by atoms with Crippen molar-refractivity contribution in [2.24, 2.45) is 7.05 Å². The molecular formula is C23H27N3O. The van der Waals surface area contributed by atoms with Crippen molar-refractivity contribution in [3.05, 3.63) is 71.4 Å². The second-order valence-electron chi connectivity index (χ2n) is 7.60. The zero-order chi connectivity index (χ0) is 18.8. The van der Waals surface area contributed by atoms with E-state index in [1.165, 1.54) is 11.1 Å². The summed E-state index contributed by atoms with van der Waals surface area (Å²) in [6, 6.07) is 18.9. The summed E-state index contributed by atoms with van der Waals surface area (Å²) in [7, 11) is 1.96. The molecule has 0 radical (unpaired) electrons. The third-order valence-corrected chi connectivity index (χ3v) is 5.76. The number of rotatable bonds is 4. The molecule has 4 nitrogen and oxygen atoms in total. The summed E-state index contributed by atoms with van der Waals surface area (Å²) in [5.41, 5.74) is 4.58. The molecule has 1 N–H and O–H groups in total. The molecule has 1 aliphatic rings. The summed E-state index contributed by atoms with van der Waals surface area (Å²) in [6.07, 6.45) is 2.00. The van der Waals surface area contributed by atoms with Gasteiger partial charge in [0.05, 0.1) is 0 Å². The van der Waals surface area contributed by atoms with E-state index in [1.54, 1.807) is 0 Å². The fourth-order valence-corrected chi connectivity index (χ4v) is 4.03. The number of para-hydroxylation sites is 1. The van der Waals surface area contributed by atoms with E-state index in [0.29, 0.717) is 0 Å². The second kappa shape index (κ2) is 7.57. The molecule has 2 aromatic carbocycles. The van der Waals surface area contributed by atoms with Crippen molar-refractivity contribution in [3.8, 4) is 0 Å². The lowest BCUT2D eigenvalue weighted by atomic mass is 10.0. The molecule has 0 bridgehead atoms. The molecule has 140 valence electrons. The van der Waals surface area contributed by atoms with E-state index in [-0.39, 0.29) is 11.9 Å². The van der Waals surface area contributed by atoms with Gasteiger partial charge in [0.15, 0.2) is 0 Å². The van der Waals surface area contributed by atoms with Crippen molar-refractivity contribution < 1.29 is 4.79 Å². The number of aryl methyl sites for hydroxylation is 2. The van der Waals surface area contributed by atoms with Crippen LogP contribution in [0.15, 0.2) is 54.6 Å². The molecule has 0 spiro atoms. The average Bonchev–Trinajstić information content (AvgIpc) is 3.02. The van der Waals surface area contributed by atoms with Gasteiger partial charge in [0.25, 0.3) is 5.91 Å². The number of piperidine rings is 1. The minimum atomic E-state index is 0.0334. The number of likely N-dealkylation sites (tertiary alicyclic amines) is 1. The number of carbonyl (C=O) groups excluding carboxylic acids is 1. The van der Waals surface area contributed by atoms with Gasteiger partial charge in [-0.2, -0.15) is 0 Å². The molecule has 4 rings (SSSR count). The van der Waals surface area contributed by atoms with Crippen molar-refractivity contribution in [2.75, 3.05) is 13.1 Å². The van der Waals surface area contributed by atoms with Crippen molar-refractivity contribution in [1.82, 2.24) is 14.8 Å². The molecule has 1 saturated heterocycles. The third-order valence-electron chi connectivity index (χ3n) is 5.76. The smallest absolute Gasteiger partial charge is 0.268 e. The number of amides is 1. The molecule has 0 atom stereocenters. The highest BCUT2D eigenvalue weighted by atomic mass is 16.2. The number of fused-ring (bicyclic) bond motifs is 1. The molecule has 0 aliphatic carbocycles. The first-order chi connectivity index (χ1) is 13.1. The predicted octanol–water partition coefficient (Wildman–Crippen LogP) is 3.88. The Labute approximate surface area is 160 Å². The van der Waals surface area contributed by atoms with Gasteiger partial charge in [-0.25, -0.2) is 0 Å². The van der Waals surface area contributed by atoms with E-state index in [0.717, 1.165) is 49.1 Å². The Morgan fingerprint density at radius 1 is 1.07 bits per heavy atom. The van der Waals surface area contributed by atoms with Gasteiger partial charge >= 0.3 is 0 Å². The normalized spacial score (nSPS) is 15.9. The van der Waals surface area contributed by atoms with E-state index >= 15 is 0 Å². The molecule has 0 saturated carbocycles. The van der Waals surface area contributed by atoms with Gasteiger partial charge in [-0.1, -0.05) is 42.5 Å². The molecule has 1 aliphatic heterocycles. The summed E-state index contributed by atoms with van der Waals surface area (Å²) in [5, 5.41) is 4.36. The monoisotopic (exact) mass is 361 g/mol. The highest BCUT2D eigenvalue weighted by Crippen LogP contribution is 2.20. The molecule has 1 aromatic heterocycles. The molecule has 4 heteroatoms. The minimum absolute atomic E-state index is 0.0334. The summed E-state index contributed by atoms with van der Waals surface area (Å²) in [6.45, 7) is 5.21. The van der Waals surface area contributed by atoms with Crippen molar-refractivity contribution >= 4 is 16.8 Å². The summed E-state index contributed by atoms with van der Waals surface area (Å²) < 4.78 is 1.98. The SMILES string of the molecule is Cc1ccccc1CN1CCC(NC(=O)c2cc3ccccc3n2C)CC1. The van der Waals surface area contributed by atoms with Crippen LogP contribution in [-0.4, -0.2) is 34.5 Å². The van der Waals surface area contributed by atoms with Crippen LogP contribution >= 0.6 is 0 Å². The summed E-state index contributed by atoms with van der Waals surface area (Å²) >= 11 is 0. The Morgan fingerprint density at radius 2 is 1.78 bits per heavy atom. The third kappa shape index (κ3) is 3.76. The quantitative estimate of drug-likeness (QED) is 0.766. The number of hydrogen-bond donors (Lipinski definition) is 1. The van der Waals surface area contributed by atoms with E-state index < -0.39 is 0 Å². The zero-order valence-corrected chi connectivity index (χ0v) is 16.1. The van der Waals surface area contributed by atoms with Crippen molar-refractivity contribution in [3.63, 3.8) is 0 Å². The molecule has 1 fully saturated rings. The summed E-state index contributed by atoms with van der Waals surface area (Å²) in [5.74, 6) is 0.0334. The largest absolute Gasteiger partial charge is 0.348 e. The van der Waals surface area contributed by atoms with Gasteiger partial charge in [0.2, 0.25) is 0 Å². The Morgan fingerprint density at radius 3 is 2.52 bits per heavy atom. The number of carbonyl (C=O) groups is 1. The number of aromatic nitrogens is 1. The maximum atomic E-state index is 12.8. The molecular weight excluding hydrogens is 334 g/mol. The van der Waals surface area contributed by atoms with Crippen LogP contribution in [-0.2, 0) is 13.6 Å². The lowest BCUT2D eigenvalue weighted by Gasteiger charge is -2.32. The summed E-state index contributed by atoms with van der Waals surface area (Å²) in [4.78, 5) is 15.3. The first-order valence-corrected chi connectivity index (χ1v) is 9.74. The van der Waals surface area contributed by atoms with Crippen LogP contribution in [0.25, 0.3) is 10.9 Å². The minimum Gasteiger partial charge on any atom is -0.348 e. The molecule has 2 heterocycles. The van der Waals surface area contributed by atoms with Crippen LogP contribution < -0.4 is 5.32 Å². The fraction of sp³-hybridized carbons (Fsp3) is 0.348. The maximum absolute atomic E-state index is 12.8. The van der Waals surface area contributed by atoms with Gasteiger partial charge in [0, 0.05) is 43.6 Å². The topological polar surface area (TPSA) is 37.3 Å². The second-order valence-corrected chi connectivity index (χ2v) is 7.60. The Bertz CT molecular complexity index is 951. The number of nitrogens with zero attached hydrogens (tertiary/aromatic N) is 2. The number of benzene rings is 2. The lowest BCUT2D eigenvalue weighted by Crippen LogP contribution is -2.44. The van der Waals surface area contributed by atoms with Crippen LogP contribution in [0.3, 0.4) is 0 Å². The maximum Gasteiger partial charge on any atom is 0.268 e. The van der Waals surface area contributed by atoms with E-state index in [2.05, 4.69) is 53.5 Å². The molecule has 27 heavy (non-hydrogen) atoms. The van der Waals surface area contributed by atoms with E-state index in [1.807, 2.05) is 29.8 Å². The molecule has 3 aromatic rings. The number of hydrogen-bond acceptors (Lipinski definition) is 2. The standard InChI is InChI=1S/C23H27N3O/c1-17-7-3-4-9-19(17)16-26-13-11-20(12-14-26)24-23(27)22-15-18-8-5-6-10-21(18)25(22)2/h3-10,15,20H,11-14,16H2,1-2H3,(H,24,27). The van der Waals surface area contributed by atoms with Gasteiger partial charge < -0.3 is 9.88 Å². The fourth-order valence-electron chi connectivity index (χ4n) is 4.03. The van der Waals surface area contributed by atoms with E-state index in [9.17, 15) is 4.79 Å². The van der Waals surface area contributed by atoms with Crippen LogP contribution in [0.5, 0.6) is 0 Å². The van der Waals surface area contributed by atoms with Gasteiger partial charge in [-0.05, 0) is 43.0 Å². The van der Waals surface area contributed by atoms with Gasteiger partial charge in [-0.3, -0.25) is 9.69 Å². The Hall–Kier alpha value is -2.59. The Balaban J connectivity index is 1.35. The predicted molar refractivity (Wildman–Crippen MR) is 110 cm³/mol. The van der Waals surface area contributed by atoms with E-state index in [4.69, 9.17) is 0 Å². The molecule has 0 unspecified atom stereocenters. The highest BCUT2D eigenvalue weighted by molar-refractivity contribution is 5.98. The van der Waals surface area contributed by atoms with Gasteiger partial charge in [0.1, 0.15) is 5.69 Å². The lowest BCUT2D eigenvalue weighted by molar-refractivity contribution is 0.0901. The highest BCUT2D eigenvalue weighted by Gasteiger charge is 2.22. The zero-order valence-electron chi connectivity index (χ0n) is 16.1. The van der Waals surface area contributed by atoms with Crippen molar-refractivity contribution in [2.45, 2.75) is 32.4 Å².